The molecule has 0 saturated heterocycles. The van der Waals surface area contributed by atoms with Crippen LogP contribution < -0.4 is 18.9 Å². The van der Waals surface area contributed by atoms with Gasteiger partial charge in [0.05, 0.1) is 28.4 Å². The molecule has 1 atom stereocenters. The zero-order chi connectivity index (χ0) is 26.2. The van der Waals surface area contributed by atoms with E-state index >= 15 is 0 Å². The lowest BCUT2D eigenvalue weighted by Gasteiger charge is -2.37. The molecule has 0 aromatic heterocycles. The molecule has 4 rings (SSSR count). The fourth-order valence-electron chi connectivity index (χ4n) is 5.22. The lowest BCUT2D eigenvalue weighted by molar-refractivity contribution is 0.212. The normalized spacial score (nSPS) is 17.0. The van der Waals surface area contributed by atoms with E-state index in [4.69, 9.17) is 18.9 Å². The number of benzene rings is 3. The van der Waals surface area contributed by atoms with E-state index in [0.717, 1.165) is 67.3 Å². The van der Waals surface area contributed by atoms with Crippen molar-refractivity contribution in [1.82, 2.24) is 4.90 Å². The van der Waals surface area contributed by atoms with Crippen LogP contribution in [0.1, 0.15) is 48.4 Å². The Morgan fingerprint density at radius 3 is 2.03 bits per heavy atom. The summed E-state index contributed by atoms with van der Waals surface area (Å²) in [7, 11) is 6.82. The SMILES string of the molecule is CCCC1/C(=C\c2ccc(OC)cc2)c2cc(OC)c(OC)cc2CCCN1Cc1ccc(OC)cc1. The van der Waals surface area contributed by atoms with Gasteiger partial charge in [-0.1, -0.05) is 37.6 Å². The second-order valence-corrected chi connectivity index (χ2v) is 9.46. The second-order valence-electron chi connectivity index (χ2n) is 9.46. The van der Waals surface area contributed by atoms with E-state index in [0.29, 0.717) is 0 Å². The Morgan fingerprint density at radius 2 is 1.43 bits per heavy atom. The standard InChI is InChI=1S/C32H39NO4/c1-6-8-30-29(19-23-10-14-26(34-2)15-11-23)28-21-32(37-5)31(36-4)20-25(28)9-7-18-33(30)22-24-12-16-27(35-3)17-13-24/h10-17,19-21,30H,6-9,18,22H2,1-5H3/b29-19-. The van der Waals surface area contributed by atoms with Crippen LogP contribution in [0, 0.1) is 0 Å². The Morgan fingerprint density at radius 1 is 0.811 bits per heavy atom. The molecule has 196 valence electrons. The van der Waals surface area contributed by atoms with E-state index in [1.807, 2.05) is 12.1 Å². The number of nitrogens with zero attached hydrogens (tertiary/aromatic N) is 1. The summed E-state index contributed by atoms with van der Waals surface area (Å²) < 4.78 is 22.2. The first-order valence-electron chi connectivity index (χ1n) is 13.1. The van der Waals surface area contributed by atoms with Crippen LogP contribution in [0.3, 0.4) is 0 Å². The number of fused-ring (bicyclic) bond motifs is 1. The quantitative estimate of drug-likeness (QED) is 0.320. The van der Waals surface area contributed by atoms with Crippen molar-refractivity contribution in [2.24, 2.45) is 0 Å². The minimum atomic E-state index is 0.256. The Kier molecular flexibility index (Phi) is 9.13. The molecule has 0 saturated carbocycles. The first kappa shape index (κ1) is 26.6. The number of rotatable bonds is 9. The third-order valence-electron chi connectivity index (χ3n) is 7.16. The van der Waals surface area contributed by atoms with Crippen molar-refractivity contribution < 1.29 is 18.9 Å². The maximum absolute atomic E-state index is 5.75. The number of hydrogen-bond donors (Lipinski definition) is 0. The number of aryl methyl sites for hydroxylation is 1. The first-order valence-corrected chi connectivity index (χ1v) is 13.1. The molecule has 1 aliphatic rings. The van der Waals surface area contributed by atoms with Gasteiger partial charge in [0.2, 0.25) is 0 Å². The molecule has 0 amide bonds. The molecule has 3 aromatic rings. The monoisotopic (exact) mass is 501 g/mol. The molecule has 1 unspecified atom stereocenters. The highest BCUT2D eigenvalue weighted by atomic mass is 16.5. The topological polar surface area (TPSA) is 40.2 Å². The van der Waals surface area contributed by atoms with Gasteiger partial charge in [-0.2, -0.15) is 0 Å². The molecule has 0 spiro atoms. The van der Waals surface area contributed by atoms with Crippen LogP contribution in [-0.4, -0.2) is 45.9 Å². The average Bonchev–Trinajstić information content (AvgIpc) is 2.94. The minimum Gasteiger partial charge on any atom is -0.497 e. The smallest absolute Gasteiger partial charge is 0.161 e. The Hall–Kier alpha value is -3.44. The van der Waals surface area contributed by atoms with Gasteiger partial charge in [-0.25, -0.2) is 0 Å². The van der Waals surface area contributed by atoms with Gasteiger partial charge in [-0.3, -0.25) is 4.90 Å². The van der Waals surface area contributed by atoms with Gasteiger partial charge in [0, 0.05) is 12.6 Å². The van der Waals surface area contributed by atoms with Gasteiger partial charge in [0.1, 0.15) is 11.5 Å². The summed E-state index contributed by atoms with van der Waals surface area (Å²) >= 11 is 0. The minimum absolute atomic E-state index is 0.256. The maximum Gasteiger partial charge on any atom is 0.161 e. The van der Waals surface area contributed by atoms with Gasteiger partial charge >= 0.3 is 0 Å². The number of methoxy groups -OCH3 is 4. The van der Waals surface area contributed by atoms with Crippen molar-refractivity contribution >= 4 is 11.6 Å². The summed E-state index contributed by atoms with van der Waals surface area (Å²) in [4.78, 5) is 2.64. The van der Waals surface area contributed by atoms with Crippen LogP contribution in [-0.2, 0) is 13.0 Å². The molecule has 0 radical (unpaired) electrons. The third-order valence-corrected chi connectivity index (χ3v) is 7.16. The van der Waals surface area contributed by atoms with Crippen molar-refractivity contribution in [2.45, 2.75) is 45.2 Å². The summed E-state index contributed by atoms with van der Waals surface area (Å²) in [6.45, 7) is 4.17. The molecular weight excluding hydrogens is 462 g/mol. The molecule has 5 nitrogen and oxygen atoms in total. The van der Waals surface area contributed by atoms with Gasteiger partial charge in [-0.05, 0) is 96.1 Å². The highest BCUT2D eigenvalue weighted by molar-refractivity contribution is 5.87. The molecule has 0 N–H and O–H groups in total. The van der Waals surface area contributed by atoms with Crippen LogP contribution >= 0.6 is 0 Å². The van der Waals surface area contributed by atoms with Gasteiger partial charge in [-0.15, -0.1) is 0 Å². The van der Waals surface area contributed by atoms with Crippen molar-refractivity contribution in [3.63, 3.8) is 0 Å². The molecule has 5 heteroatoms. The van der Waals surface area contributed by atoms with E-state index in [-0.39, 0.29) is 6.04 Å². The predicted molar refractivity (Wildman–Crippen MR) is 151 cm³/mol. The molecule has 0 aliphatic carbocycles. The third kappa shape index (κ3) is 6.28. The Labute approximate surface area is 221 Å². The van der Waals surface area contributed by atoms with Crippen molar-refractivity contribution in [3.05, 3.63) is 82.9 Å². The van der Waals surface area contributed by atoms with Crippen LogP contribution in [0.2, 0.25) is 0 Å². The summed E-state index contributed by atoms with van der Waals surface area (Å²) in [6.07, 6.45) is 6.55. The summed E-state index contributed by atoms with van der Waals surface area (Å²) in [6, 6.07) is 21.3. The zero-order valence-corrected chi connectivity index (χ0v) is 22.8. The maximum atomic E-state index is 5.75. The molecular formula is C32H39NO4. The highest BCUT2D eigenvalue weighted by Crippen LogP contribution is 2.40. The van der Waals surface area contributed by atoms with Gasteiger partial charge in [0.15, 0.2) is 11.5 Å². The van der Waals surface area contributed by atoms with Crippen molar-refractivity contribution in [2.75, 3.05) is 35.0 Å². The van der Waals surface area contributed by atoms with E-state index in [2.05, 4.69) is 66.4 Å². The largest absolute Gasteiger partial charge is 0.497 e. The molecule has 37 heavy (non-hydrogen) atoms. The van der Waals surface area contributed by atoms with Gasteiger partial charge in [0.25, 0.3) is 0 Å². The molecule has 0 bridgehead atoms. The summed E-state index contributed by atoms with van der Waals surface area (Å²) in [5, 5.41) is 0. The first-order chi connectivity index (χ1) is 18.1. The highest BCUT2D eigenvalue weighted by Gasteiger charge is 2.28. The van der Waals surface area contributed by atoms with Crippen molar-refractivity contribution in [1.29, 1.82) is 0 Å². The van der Waals surface area contributed by atoms with Crippen LogP contribution in [0.25, 0.3) is 11.6 Å². The fourth-order valence-corrected chi connectivity index (χ4v) is 5.22. The lowest BCUT2D eigenvalue weighted by Crippen LogP contribution is -2.38. The second kappa shape index (κ2) is 12.7. The van der Waals surface area contributed by atoms with Crippen LogP contribution in [0.15, 0.2) is 60.7 Å². The molecule has 1 aliphatic heterocycles. The van der Waals surface area contributed by atoms with E-state index in [1.54, 1.807) is 28.4 Å². The van der Waals surface area contributed by atoms with Crippen LogP contribution in [0.4, 0.5) is 0 Å². The number of ether oxygens (including phenoxy) is 4. The lowest BCUT2D eigenvalue weighted by atomic mass is 9.85. The predicted octanol–water partition coefficient (Wildman–Crippen LogP) is 6.88. The molecule has 0 fully saturated rings. The Balaban J connectivity index is 1.83. The number of hydrogen-bond acceptors (Lipinski definition) is 5. The van der Waals surface area contributed by atoms with Crippen LogP contribution in [0.5, 0.6) is 23.0 Å². The van der Waals surface area contributed by atoms with E-state index in [9.17, 15) is 0 Å². The molecule has 3 aromatic carbocycles. The summed E-state index contributed by atoms with van der Waals surface area (Å²) in [5.74, 6) is 3.29. The van der Waals surface area contributed by atoms with Gasteiger partial charge < -0.3 is 18.9 Å². The Bertz CT molecular complexity index is 1180. The fraction of sp³-hybridized carbons (Fsp3) is 0.375. The van der Waals surface area contributed by atoms with E-state index < -0.39 is 0 Å². The average molecular weight is 502 g/mol. The summed E-state index contributed by atoms with van der Waals surface area (Å²) in [5.41, 5.74) is 6.31. The van der Waals surface area contributed by atoms with E-state index in [1.165, 1.54) is 22.3 Å². The zero-order valence-electron chi connectivity index (χ0n) is 22.8. The molecule has 1 heterocycles. The van der Waals surface area contributed by atoms with Crippen molar-refractivity contribution in [3.8, 4) is 23.0 Å².